The highest BCUT2D eigenvalue weighted by molar-refractivity contribution is 5.89. The van der Waals surface area contributed by atoms with Crippen LogP contribution in [0.1, 0.15) is 80.1 Å². The lowest BCUT2D eigenvalue weighted by atomic mass is 9.57. The van der Waals surface area contributed by atoms with Crippen molar-refractivity contribution < 1.29 is 28.9 Å². The van der Waals surface area contributed by atoms with Crippen molar-refractivity contribution in [3.05, 3.63) is 0 Å². The first kappa shape index (κ1) is 22.7. The number of fused-ring (bicyclic) bond motifs is 2. The SMILES string of the molecule is CC1CCC2C(C)C(=O)N(NC(=O)CCC(=O)C(C)(C)C)C3OC4(C)CCC1C23OO4. The van der Waals surface area contributed by atoms with Crippen molar-refractivity contribution in [1.29, 1.82) is 0 Å². The van der Waals surface area contributed by atoms with E-state index in [2.05, 4.69) is 12.3 Å². The molecule has 8 nitrogen and oxygen atoms in total. The van der Waals surface area contributed by atoms with Crippen LogP contribution >= 0.6 is 0 Å². The average molecular weight is 437 g/mol. The van der Waals surface area contributed by atoms with Gasteiger partial charge >= 0.3 is 0 Å². The van der Waals surface area contributed by atoms with Gasteiger partial charge in [0.2, 0.25) is 17.6 Å². The minimum Gasteiger partial charge on any atom is -0.319 e. The number of hydrogen-bond acceptors (Lipinski definition) is 6. The molecular formula is C23H36N2O6. The second-order valence-electron chi connectivity index (χ2n) is 11.1. The number of ether oxygens (including phenoxy) is 1. The summed E-state index contributed by atoms with van der Waals surface area (Å²) in [5.74, 6) is -1.32. The molecule has 4 heterocycles. The van der Waals surface area contributed by atoms with Crippen LogP contribution in [0.15, 0.2) is 0 Å². The second kappa shape index (κ2) is 7.52. The normalized spacial score (nSPS) is 42.1. The molecule has 31 heavy (non-hydrogen) atoms. The number of nitrogens with zero attached hydrogens (tertiary/aromatic N) is 1. The summed E-state index contributed by atoms with van der Waals surface area (Å²) >= 11 is 0. The van der Waals surface area contributed by atoms with Crippen LogP contribution in [0.2, 0.25) is 0 Å². The Balaban J connectivity index is 1.61. The van der Waals surface area contributed by atoms with Gasteiger partial charge in [0, 0.05) is 36.5 Å². The van der Waals surface area contributed by atoms with Gasteiger partial charge in [0.25, 0.3) is 0 Å². The summed E-state index contributed by atoms with van der Waals surface area (Å²) in [5.41, 5.74) is 1.45. The van der Waals surface area contributed by atoms with Crippen LogP contribution in [0, 0.1) is 29.1 Å². The van der Waals surface area contributed by atoms with Crippen LogP contribution in [0.3, 0.4) is 0 Å². The first-order chi connectivity index (χ1) is 14.4. The average Bonchev–Trinajstić information content (AvgIpc) is 2.93. The molecule has 0 aromatic rings. The van der Waals surface area contributed by atoms with E-state index in [9.17, 15) is 14.4 Å². The van der Waals surface area contributed by atoms with E-state index in [1.54, 1.807) is 0 Å². The minimum atomic E-state index is -0.969. The van der Waals surface area contributed by atoms with E-state index in [1.807, 2.05) is 34.6 Å². The van der Waals surface area contributed by atoms with Gasteiger partial charge in [0.05, 0.1) is 0 Å². The molecule has 5 aliphatic rings. The molecule has 2 amide bonds. The summed E-state index contributed by atoms with van der Waals surface area (Å²) in [6.07, 6.45) is 2.83. The monoisotopic (exact) mass is 436 g/mol. The van der Waals surface area contributed by atoms with Gasteiger partial charge < -0.3 is 4.74 Å². The topological polar surface area (TPSA) is 94.2 Å². The van der Waals surface area contributed by atoms with Crippen LogP contribution in [0.25, 0.3) is 0 Å². The predicted octanol–water partition coefficient (Wildman–Crippen LogP) is 3.11. The Labute approximate surface area is 184 Å². The van der Waals surface area contributed by atoms with Gasteiger partial charge in [-0.25, -0.2) is 14.8 Å². The fourth-order valence-electron chi connectivity index (χ4n) is 5.96. The summed E-state index contributed by atoms with van der Waals surface area (Å²) in [6.45, 7) is 11.4. The van der Waals surface area contributed by atoms with Crippen molar-refractivity contribution in [2.75, 3.05) is 0 Å². The summed E-state index contributed by atoms with van der Waals surface area (Å²) < 4.78 is 6.37. The molecular weight excluding hydrogens is 400 g/mol. The van der Waals surface area contributed by atoms with E-state index in [1.165, 1.54) is 5.01 Å². The quantitative estimate of drug-likeness (QED) is 0.681. The zero-order valence-corrected chi connectivity index (χ0v) is 19.5. The largest absolute Gasteiger partial charge is 0.319 e. The van der Waals surface area contributed by atoms with Crippen LogP contribution in [-0.2, 0) is 28.9 Å². The first-order valence-corrected chi connectivity index (χ1v) is 11.6. The standard InChI is InChI=1S/C23H36N2O6/c1-13-7-8-16-14(2)19(28)25(24-18(27)10-9-17(26)21(3,4)5)20-23(16)15(13)11-12-22(6,29-20)30-31-23/h13-16,20H,7-12H2,1-6H3,(H,24,27). The molecule has 5 rings (SSSR count). The maximum absolute atomic E-state index is 13.4. The van der Waals surface area contributed by atoms with Gasteiger partial charge in [0.15, 0.2) is 11.8 Å². The lowest BCUT2D eigenvalue weighted by Gasteiger charge is -2.61. The Bertz CT molecular complexity index is 779. The van der Waals surface area contributed by atoms with Crippen LogP contribution in [-0.4, -0.2) is 40.2 Å². The molecule has 1 saturated carbocycles. The van der Waals surface area contributed by atoms with Crippen LogP contribution < -0.4 is 5.43 Å². The summed E-state index contributed by atoms with van der Waals surface area (Å²) in [5, 5.41) is 1.34. The van der Waals surface area contributed by atoms with Crippen molar-refractivity contribution in [2.45, 2.75) is 97.7 Å². The fourth-order valence-corrected chi connectivity index (χ4v) is 5.96. The van der Waals surface area contributed by atoms with E-state index in [4.69, 9.17) is 14.5 Å². The zero-order chi connectivity index (χ0) is 22.8. The first-order valence-electron chi connectivity index (χ1n) is 11.6. The molecule has 7 unspecified atom stereocenters. The van der Waals surface area contributed by atoms with Gasteiger partial charge in [-0.1, -0.05) is 34.6 Å². The molecule has 5 fully saturated rings. The fraction of sp³-hybridized carbons (Fsp3) is 0.870. The Morgan fingerprint density at radius 2 is 1.81 bits per heavy atom. The predicted molar refractivity (Wildman–Crippen MR) is 111 cm³/mol. The molecule has 4 aliphatic heterocycles. The van der Waals surface area contributed by atoms with Gasteiger partial charge in [-0.15, -0.1) is 0 Å². The maximum Gasteiger partial charge on any atom is 0.246 e. The van der Waals surface area contributed by atoms with Crippen LogP contribution in [0.4, 0.5) is 0 Å². The number of nitrogens with one attached hydrogen (secondary N) is 1. The third kappa shape index (κ3) is 3.60. The molecule has 174 valence electrons. The Kier molecular flexibility index (Phi) is 5.50. The van der Waals surface area contributed by atoms with Crippen molar-refractivity contribution in [3.8, 4) is 0 Å². The van der Waals surface area contributed by atoms with Gasteiger partial charge in [-0.2, -0.15) is 0 Å². The summed E-state index contributed by atoms with van der Waals surface area (Å²) in [7, 11) is 0. The molecule has 2 bridgehead atoms. The maximum atomic E-state index is 13.4. The van der Waals surface area contributed by atoms with Crippen molar-refractivity contribution in [2.24, 2.45) is 29.1 Å². The molecule has 0 radical (unpaired) electrons. The lowest BCUT2D eigenvalue weighted by molar-refractivity contribution is -0.549. The van der Waals surface area contributed by atoms with E-state index >= 15 is 0 Å². The number of rotatable bonds is 4. The number of hydrogen-bond donors (Lipinski definition) is 1. The Hall–Kier alpha value is -1.51. The number of ketones is 1. The van der Waals surface area contributed by atoms with E-state index in [-0.39, 0.29) is 48.2 Å². The number of carbonyl (C=O) groups excluding carboxylic acids is 3. The molecule has 0 aromatic heterocycles. The highest BCUT2D eigenvalue weighted by Crippen LogP contribution is 2.60. The number of amides is 2. The van der Waals surface area contributed by atoms with Crippen LogP contribution in [0.5, 0.6) is 0 Å². The number of hydrazine groups is 1. The zero-order valence-electron chi connectivity index (χ0n) is 19.5. The molecule has 0 aromatic carbocycles. The summed E-state index contributed by atoms with van der Waals surface area (Å²) in [4.78, 5) is 50.3. The molecule has 1 N–H and O–H groups in total. The summed E-state index contributed by atoms with van der Waals surface area (Å²) in [6, 6.07) is 0. The second-order valence-corrected chi connectivity index (χ2v) is 11.1. The number of Topliss-reactive ketones (excluding diaryl/α,β-unsaturated/α-hetero) is 1. The van der Waals surface area contributed by atoms with E-state index in [0.29, 0.717) is 12.3 Å². The van der Waals surface area contributed by atoms with Gasteiger partial charge in [-0.05, 0) is 38.0 Å². The molecule has 1 spiro atoms. The third-order valence-corrected chi connectivity index (χ3v) is 7.92. The van der Waals surface area contributed by atoms with E-state index in [0.717, 1.165) is 19.3 Å². The third-order valence-electron chi connectivity index (χ3n) is 7.92. The van der Waals surface area contributed by atoms with Gasteiger partial charge in [-0.3, -0.25) is 19.8 Å². The number of piperidine rings is 1. The molecule has 4 saturated heterocycles. The Morgan fingerprint density at radius 1 is 1.10 bits per heavy atom. The van der Waals surface area contributed by atoms with Crippen molar-refractivity contribution in [3.63, 3.8) is 0 Å². The molecule has 7 atom stereocenters. The van der Waals surface area contributed by atoms with Crippen molar-refractivity contribution in [1.82, 2.24) is 10.4 Å². The highest BCUT2D eigenvalue weighted by Gasteiger charge is 2.71. The minimum absolute atomic E-state index is 0.00911. The smallest absolute Gasteiger partial charge is 0.246 e. The number of carbonyl (C=O) groups is 3. The van der Waals surface area contributed by atoms with E-state index < -0.39 is 23.0 Å². The Morgan fingerprint density at radius 3 is 2.48 bits per heavy atom. The molecule has 8 heteroatoms. The molecule has 1 aliphatic carbocycles. The highest BCUT2D eigenvalue weighted by atomic mass is 17.3. The van der Waals surface area contributed by atoms with Gasteiger partial charge in [0.1, 0.15) is 5.78 Å². The lowest BCUT2D eigenvalue weighted by Crippen LogP contribution is -2.77. The van der Waals surface area contributed by atoms with Crippen molar-refractivity contribution >= 4 is 17.6 Å².